The van der Waals surface area contributed by atoms with E-state index in [1.165, 1.54) is 64.2 Å². The first-order valence-electron chi connectivity index (χ1n) is 15.5. The molecule has 204 valence electrons. The molecule has 0 aliphatic heterocycles. The Bertz CT molecular complexity index is 485. The van der Waals surface area contributed by atoms with E-state index in [-0.39, 0.29) is 6.10 Å². The molecule has 0 amide bonds. The second-order valence-electron chi connectivity index (χ2n) is 10.4. The van der Waals surface area contributed by atoms with Crippen molar-refractivity contribution >= 4 is 0 Å². The quantitative estimate of drug-likeness (QED) is 0.100. The van der Waals surface area contributed by atoms with E-state index in [2.05, 4.69) is 76.3 Å². The Morgan fingerprint density at radius 2 is 0.886 bits per heavy atom. The number of aliphatic hydroxyl groups is 1. The predicted molar refractivity (Wildman–Crippen MR) is 160 cm³/mol. The van der Waals surface area contributed by atoms with Gasteiger partial charge in [-0.15, -0.1) is 0 Å². The van der Waals surface area contributed by atoms with Crippen molar-refractivity contribution in [3.63, 3.8) is 0 Å². The molecule has 0 fully saturated rings. The molecule has 0 aromatic carbocycles. The number of aliphatic hydroxyl groups excluding tert-OH is 1. The number of unbranched alkanes of at least 4 members (excludes halogenated alkanes) is 6. The maximum Gasteiger partial charge on any atom is 0.0571 e. The van der Waals surface area contributed by atoms with Crippen molar-refractivity contribution in [2.24, 2.45) is 11.8 Å². The largest absolute Gasteiger partial charge is 0.393 e. The monoisotopic (exact) mass is 486 g/mol. The van der Waals surface area contributed by atoms with Crippen LogP contribution in [0.1, 0.15) is 150 Å². The van der Waals surface area contributed by atoms with E-state index in [1.807, 2.05) is 0 Å². The maximum atomic E-state index is 11.3. The molecule has 1 heteroatoms. The lowest BCUT2D eigenvalue weighted by Crippen LogP contribution is -2.24. The van der Waals surface area contributed by atoms with Crippen LogP contribution in [0.3, 0.4) is 0 Å². The third-order valence-electron chi connectivity index (χ3n) is 7.10. The van der Waals surface area contributed by atoms with Gasteiger partial charge in [0.1, 0.15) is 0 Å². The maximum absolute atomic E-state index is 11.3. The average molecular weight is 487 g/mol. The van der Waals surface area contributed by atoms with Crippen LogP contribution in [0, 0.1) is 11.8 Å². The molecule has 1 N–H and O–H groups in total. The van der Waals surface area contributed by atoms with E-state index in [0.717, 1.165) is 57.8 Å². The molecule has 1 unspecified atom stereocenters. The molecule has 0 spiro atoms. The Labute approximate surface area is 221 Å². The van der Waals surface area contributed by atoms with E-state index < -0.39 is 0 Å². The molecule has 0 rings (SSSR count). The van der Waals surface area contributed by atoms with Crippen LogP contribution in [-0.4, -0.2) is 11.2 Å². The van der Waals surface area contributed by atoms with Gasteiger partial charge in [0.05, 0.1) is 6.10 Å². The van der Waals surface area contributed by atoms with Gasteiger partial charge in [-0.2, -0.15) is 0 Å². The molecule has 0 radical (unpaired) electrons. The Hall–Kier alpha value is -1.08. The van der Waals surface area contributed by atoms with Gasteiger partial charge in [-0.05, 0) is 108 Å². The molecule has 1 atom stereocenters. The van der Waals surface area contributed by atoms with Gasteiger partial charge >= 0.3 is 0 Å². The van der Waals surface area contributed by atoms with Crippen molar-refractivity contribution in [1.82, 2.24) is 0 Å². The smallest absolute Gasteiger partial charge is 0.0571 e. The van der Waals surface area contributed by atoms with Crippen LogP contribution in [0.2, 0.25) is 0 Å². The van der Waals surface area contributed by atoms with Gasteiger partial charge in [0.2, 0.25) is 0 Å². The average Bonchev–Trinajstić information content (AvgIpc) is 2.86. The lowest BCUT2D eigenvalue weighted by molar-refractivity contribution is 0.0707. The molecule has 0 aliphatic carbocycles. The fraction of sp³-hybridized carbons (Fsp3) is 0.765. The van der Waals surface area contributed by atoms with Crippen molar-refractivity contribution in [3.8, 4) is 0 Å². The topological polar surface area (TPSA) is 20.2 Å². The highest BCUT2D eigenvalue weighted by molar-refractivity contribution is 4.88. The molecule has 0 aliphatic rings. The lowest BCUT2D eigenvalue weighted by atomic mass is 9.83. The number of allylic oxidation sites excluding steroid dienone is 8. The van der Waals surface area contributed by atoms with E-state index in [4.69, 9.17) is 0 Å². The minimum atomic E-state index is -0.174. The molecule has 1 nitrogen and oxygen atoms in total. The second-order valence-corrected chi connectivity index (χ2v) is 10.4. The predicted octanol–water partition coefficient (Wildman–Crippen LogP) is 11.3. The summed E-state index contributed by atoms with van der Waals surface area (Å²) in [5, 5.41) is 11.3. The Morgan fingerprint density at radius 1 is 0.486 bits per heavy atom. The third kappa shape index (κ3) is 23.1. The molecule has 0 aromatic rings. The van der Waals surface area contributed by atoms with Crippen molar-refractivity contribution < 1.29 is 5.11 Å². The van der Waals surface area contributed by atoms with E-state index >= 15 is 0 Å². The molecule has 0 aromatic heterocycles. The molecule has 0 heterocycles. The number of hydrogen-bond donors (Lipinski definition) is 1. The summed E-state index contributed by atoms with van der Waals surface area (Å²) in [6.07, 6.45) is 41.2. The molecule has 0 bridgehead atoms. The van der Waals surface area contributed by atoms with Crippen LogP contribution in [0.4, 0.5) is 0 Å². The van der Waals surface area contributed by atoms with Gasteiger partial charge in [-0.3, -0.25) is 0 Å². The third-order valence-corrected chi connectivity index (χ3v) is 7.10. The van der Waals surface area contributed by atoms with Crippen LogP contribution in [-0.2, 0) is 0 Å². The SMILES string of the molecule is CCC=CCCC(CCC=CCC)CC(O)C(CCC=CCCCCC)CCC=CCCCCC. The minimum absolute atomic E-state index is 0.174. The van der Waals surface area contributed by atoms with Crippen LogP contribution < -0.4 is 0 Å². The van der Waals surface area contributed by atoms with Crippen molar-refractivity contribution in [3.05, 3.63) is 48.6 Å². The zero-order chi connectivity index (χ0) is 25.8. The van der Waals surface area contributed by atoms with Gasteiger partial charge < -0.3 is 5.11 Å². The summed E-state index contributed by atoms with van der Waals surface area (Å²) in [4.78, 5) is 0. The highest BCUT2D eigenvalue weighted by Gasteiger charge is 2.22. The van der Waals surface area contributed by atoms with Gasteiger partial charge in [-0.25, -0.2) is 0 Å². The van der Waals surface area contributed by atoms with Crippen LogP contribution in [0.5, 0.6) is 0 Å². The second kappa shape index (κ2) is 27.5. The summed E-state index contributed by atoms with van der Waals surface area (Å²) in [5.74, 6) is 1.03. The summed E-state index contributed by atoms with van der Waals surface area (Å²) in [7, 11) is 0. The summed E-state index contributed by atoms with van der Waals surface area (Å²) >= 11 is 0. The van der Waals surface area contributed by atoms with E-state index in [9.17, 15) is 5.11 Å². The van der Waals surface area contributed by atoms with Gasteiger partial charge in [0, 0.05) is 0 Å². The van der Waals surface area contributed by atoms with Crippen LogP contribution in [0.15, 0.2) is 48.6 Å². The van der Waals surface area contributed by atoms with Crippen molar-refractivity contribution in [2.75, 3.05) is 0 Å². The zero-order valence-electron chi connectivity index (χ0n) is 24.2. The standard InChI is InChI=1S/C34H62O/c1-5-9-13-17-19-21-25-29-33(30-26-22-20-18-14-10-6-2)34(35)31-32(27-23-15-11-7-3)28-24-16-12-8-4/h11-12,15-16,19-22,32-35H,5-10,13-14,17-18,23-31H2,1-4H3. The molecule has 0 saturated carbocycles. The molecular weight excluding hydrogens is 424 g/mol. The lowest BCUT2D eigenvalue weighted by Gasteiger charge is -2.26. The van der Waals surface area contributed by atoms with E-state index in [1.54, 1.807) is 0 Å². The first-order valence-corrected chi connectivity index (χ1v) is 15.5. The molecule has 0 saturated heterocycles. The first-order chi connectivity index (χ1) is 17.2. The Kier molecular flexibility index (Phi) is 26.7. The normalized spacial score (nSPS) is 15.2. The van der Waals surface area contributed by atoms with Crippen LogP contribution in [0.25, 0.3) is 0 Å². The summed E-state index contributed by atoms with van der Waals surface area (Å²) in [6, 6.07) is 0. The van der Waals surface area contributed by atoms with Crippen molar-refractivity contribution in [2.45, 2.75) is 156 Å². The fourth-order valence-corrected chi connectivity index (χ4v) is 4.79. The Morgan fingerprint density at radius 3 is 1.31 bits per heavy atom. The summed E-state index contributed by atoms with van der Waals surface area (Å²) < 4.78 is 0. The van der Waals surface area contributed by atoms with Crippen molar-refractivity contribution in [1.29, 1.82) is 0 Å². The highest BCUT2D eigenvalue weighted by atomic mass is 16.3. The van der Waals surface area contributed by atoms with Gasteiger partial charge in [0.25, 0.3) is 0 Å². The summed E-state index contributed by atoms with van der Waals surface area (Å²) in [6.45, 7) is 8.94. The molecular formula is C34H62O. The highest BCUT2D eigenvalue weighted by Crippen LogP contribution is 2.28. The zero-order valence-corrected chi connectivity index (χ0v) is 24.2. The van der Waals surface area contributed by atoms with Gasteiger partial charge in [0.15, 0.2) is 0 Å². The van der Waals surface area contributed by atoms with Gasteiger partial charge in [-0.1, -0.05) is 102 Å². The Balaban J connectivity index is 4.89. The first kappa shape index (κ1) is 33.9. The number of hydrogen-bond acceptors (Lipinski definition) is 1. The number of rotatable bonds is 25. The summed E-state index contributed by atoms with van der Waals surface area (Å²) in [5.41, 5.74) is 0. The van der Waals surface area contributed by atoms with E-state index in [0.29, 0.717) is 11.8 Å². The molecule has 35 heavy (non-hydrogen) atoms. The fourth-order valence-electron chi connectivity index (χ4n) is 4.79. The minimum Gasteiger partial charge on any atom is -0.393 e. The van der Waals surface area contributed by atoms with Crippen LogP contribution >= 0.6 is 0 Å².